The Kier molecular flexibility index (Phi) is 4.24. The van der Waals surface area contributed by atoms with Crippen molar-refractivity contribution in [1.82, 2.24) is 9.97 Å². The smallest absolute Gasteiger partial charge is 0.148 e. The first-order chi connectivity index (χ1) is 9.06. The molecule has 0 aliphatic carbocycles. The van der Waals surface area contributed by atoms with Crippen LogP contribution in [0.15, 0.2) is 0 Å². The molecule has 0 radical (unpaired) electrons. The minimum absolute atomic E-state index is 0.302. The molecular weight excluding hydrogens is 238 g/mol. The predicted molar refractivity (Wildman–Crippen MR) is 79.3 cm³/mol. The van der Waals surface area contributed by atoms with Gasteiger partial charge in [0.25, 0.3) is 0 Å². The molecule has 5 nitrogen and oxygen atoms in total. The zero-order valence-corrected chi connectivity index (χ0v) is 12.4. The molecule has 0 aromatic carbocycles. The largest absolute Gasteiger partial charge is 0.356 e. The zero-order chi connectivity index (χ0) is 14.0. The number of rotatable bonds is 4. The lowest BCUT2D eigenvalue weighted by molar-refractivity contribution is 0.568. The van der Waals surface area contributed by atoms with Gasteiger partial charge in [-0.2, -0.15) is 0 Å². The van der Waals surface area contributed by atoms with Crippen molar-refractivity contribution in [3.05, 3.63) is 11.4 Å². The second-order valence-electron chi connectivity index (χ2n) is 5.69. The molecule has 0 spiro atoms. The minimum Gasteiger partial charge on any atom is -0.356 e. The van der Waals surface area contributed by atoms with Crippen LogP contribution >= 0.6 is 0 Å². The van der Waals surface area contributed by atoms with Gasteiger partial charge in [-0.25, -0.2) is 15.8 Å². The molecule has 1 aromatic rings. The lowest BCUT2D eigenvalue weighted by Crippen LogP contribution is -2.24. The normalized spacial score (nSPS) is 19.3. The first kappa shape index (κ1) is 14.1. The first-order valence-electron chi connectivity index (χ1n) is 7.16. The highest BCUT2D eigenvalue weighted by Crippen LogP contribution is 2.30. The summed E-state index contributed by atoms with van der Waals surface area (Å²) in [6.07, 6.45) is 2.49. The van der Waals surface area contributed by atoms with Crippen LogP contribution in [0.4, 0.5) is 11.6 Å². The molecule has 3 N–H and O–H groups in total. The summed E-state index contributed by atoms with van der Waals surface area (Å²) in [5.74, 6) is 9.31. The third-order valence-corrected chi connectivity index (χ3v) is 3.95. The van der Waals surface area contributed by atoms with Crippen molar-refractivity contribution in [2.75, 3.05) is 23.4 Å². The Morgan fingerprint density at radius 3 is 2.68 bits per heavy atom. The summed E-state index contributed by atoms with van der Waals surface area (Å²) in [5.41, 5.74) is 3.75. The van der Waals surface area contributed by atoms with Crippen LogP contribution in [-0.4, -0.2) is 23.1 Å². The van der Waals surface area contributed by atoms with Gasteiger partial charge in [0, 0.05) is 24.6 Å². The Hall–Kier alpha value is -1.36. The number of nitrogens with zero attached hydrogens (tertiary/aromatic N) is 3. The van der Waals surface area contributed by atoms with Gasteiger partial charge < -0.3 is 10.3 Å². The second kappa shape index (κ2) is 5.74. The molecule has 1 aliphatic heterocycles. The van der Waals surface area contributed by atoms with Crippen LogP contribution in [-0.2, 0) is 0 Å². The van der Waals surface area contributed by atoms with Gasteiger partial charge in [-0.05, 0) is 19.3 Å². The van der Waals surface area contributed by atoms with Crippen LogP contribution in [0, 0.1) is 12.8 Å². The average molecular weight is 263 g/mol. The first-order valence-corrected chi connectivity index (χ1v) is 7.16. The van der Waals surface area contributed by atoms with E-state index in [2.05, 4.69) is 36.1 Å². The van der Waals surface area contributed by atoms with E-state index in [0.29, 0.717) is 5.92 Å². The number of anilines is 2. The van der Waals surface area contributed by atoms with E-state index in [-0.39, 0.29) is 0 Å². The van der Waals surface area contributed by atoms with Gasteiger partial charge in [-0.1, -0.05) is 27.2 Å². The maximum Gasteiger partial charge on any atom is 0.148 e. The molecule has 2 rings (SSSR count). The monoisotopic (exact) mass is 263 g/mol. The molecule has 1 atom stereocenters. The van der Waals surface area contributed by atoms with E-state index < -0.39 is 0 Å². The highest BCUT2D eigenvalue weighted by atomic mass is 15.3. The Bertz CT molecular complexity index is 444. The van der Waals surface area contributed by atoms with Crippen molar-refractivity contribution in [3.63, 3.8) is 0 Å². The summed E-state index contributed by atoms with van der Waals surface area (Å²) < 4.78 is 0. The summed E-state index contributed by atoms with van der Waals surface area (Å²) in [7, 11) is 0. The molecule has 1 aliphatic rings. The SMILES string of the molecule is CCC1CCN(c2nc(C(C)C)nc(NN)c2C)C1. The van der Waals surface area contributed by atoms with Crippen molar-refractivity contribution >= 4 is 11.6 Å². The fraction of sp³-hybridized carbons (Fsp3) is 0.714. The van der Waals surface area contributed by atoms with Crippen molar-refractivity contribution in [2.45, 2.75) is 46.5 Å². The molecule has 106 valence electrons. The fourth-order valence-corrected chi connectivity index (χ4v) is 2.59. The van der Waals surface area contributed by atoms with Crippen LogP contribution in [0.1, 0.15) is 50.9 Å². The third-order valence-electron chi connectivity index (χ3n) is 3.95. The van der Waals surface area contributed by atoms with Crippen molar-refractivity contribution in [2.24, 2.45) is 11.8 Å². The van der Waals surface area contributed by atoms with Gasteiger partial charge in [0.2, 0.25) is 0 Å². The van der Waals surface area contributed by atoms with E-state index in [4.69, 9.17) is 10.8 Å². The van der Waals surface area contributed by atoms with E-state index in [1.165, 1.54) is 12.8 Å². The number of nitrogen functional groups attached to an aromatic ring is 1. The highest BCUT2D eigenvalue weighted by Gasteiger charge is 2.25. The molecule has 0 bridgehead atoms. The quantitative estimate of drug-likeness (QED) is 0.645. The molecule has 0 amide bonds. The minimum atomic E-state index is 0.302. The second-order valence-corrected chi connectivity index (χ2v) is 5.69. The average Bonchev–Trinajstić information content (AvgIpc) is 2.87. The number of hydrogen-bond donors (Lipinski definition) is 2. The van der Waals surface area contributed by atoms with E-state index in [9.17, 15) is 0 Å². The number of hydrazine groups is 1. The van der Waals surface area contributed by atoms with Crippen LogP contribution < -0.4 is 16.2 Å². The van der Waals surface area contributed by atoms with Gasteiger partial charge in [-0.3, -0.25) is 0 Å². The Labute approximate surface area is 115 Å². The van der Waals surface area contributed by atoms with Gasteiger partial charge in [0.15, 0.2) is 0 Å². The van der Waals surface area contributed by atoms with E-state index >= 15 is 0 Å². The molecule has 19 heavy (non-hydrogen) atoms. The fourth-order valence-electron chi connectivity index (χ4n) is 2.59. The van der Waals surface area contributed by atoms with E-state index in [1.54, 1.807) is 0 Å². The lowest BCUT2D eigenvalue weighted by atomic mass is 10.1. The predicted octanol–water partition coefficient (Wildman–Crippen LogP) is 2.43. The van der Waals surface area contributed by atoms with Crippen LogP contribution in [0.2, 0.25) is 0 Å². The molecule has 1 aromatic heterocycles. The number of nitrogens with one attached hydrogen (secondary N) is 1. The molecule has 1 fully saturated rings. The molecule has 2 heterocycles. The van der Waals surface area contributed by atoms with Crippen LogP contribution in [0.5, 0.6) is 0 Å². The lowest BCUT2D eigenvalue weighted by Gasteiger charge is -2.22. The van der Waals surface area contributed by atoms with Crippen LogP contribution in [0.3, 0.4) is 0 Å². The van der Waals surface area contributed by atoms with E-state index in [1.807, 2.05) is 6.92 Å². The van der Waals surface area contributed by atoms with Crippen molar-refractivity contribution in [3.8, 4) is 0 Å². The molecule has 1 unspecified atom stereocenters. The Morgan fingerprint density at radius 2 is 2.16 bits per heavy atom. The summed E-state index contributed by atoms with van der Waals surface area (Å²) in [6.45, 7) is 10.7. The Balaban J connectivity index is 2.36. The Morgan fingerprint density at radius 1 is 1.42 bits per heavy atom. The molecular formula is C14H25N5. The molecule has 1 saturated heterocycles. The summed E-state index contributed by atoms with van der Waals surface area (Å²) >= 11 is 0. The number of hydrogen-bond acceptors (Lipinski definition) is 5. The van der Waals surface area contributed by atoms with Crippen molar-refractivity contribution < 1.29 is 0 Å². The maximum atomic E-state index is 5.58. The van der Waals surface area contributed by atoms with E-state index in [0.717, 1.165) is 42.0 Å². The molecule has 5 heteroatoms. The topological polar surface area (TPSA) is 67.1 Å². The molecule has 0 saturated carbocycles. The zero-order valence-electron chi connectivity index (χ0n) is 12.4. The highest BCUT2D eigenvalue weighted by molar-refractivity contribution is 5.58. The van der Waals surface area contributed by atoms with Gasteiger partial charge >= 0.3 is 0 Å². The summed E-state index contributed by atoms with van der Waals surface area (Å²) in [4.78, 5) is 11.6. The van der Waals surface area contributed by atoms with Crippen LogP contribution in [0.25, 0.3) is 0 Å². The van der Waals surface area contributed by atoms with Crippen molar-refractivity contribution in [1.29, 1.82) is 0 Å². The maximum absolute atomic E-state index is 5.58. The van der Waals surface area contributed by atoms with Gasteiger partial charge in [-0.15, -0.1) is 0 Å². The number of nitrogens with two attached hydrogens (primary N) is 1. The third kappa shape index (κ3) is 2.81. The standard InChI is InChI=1S/C14H25N5/c1-5-11-6-7-19(8-11)14-10(4)13(18-15)16-12(17-14)9(2)3/h9,11H,5-8,15H2,1-4H3,(H,16,17,18). The summed E-state index contributed by atoms with van der Waals surface area (Å²) in [6, 6.07) is 0. The number of aromatic nitrogens is 2. The van der Waals surface area contributed by atoms with Gasteiger partial charge in [0.1, 0.15) is 17.5 Å². The van der Waals surface area contributed by atoms with Gasteiger partial charge in [0.05, 0.1) is 0 Å². The summed E-state index contributed by atoms with van der Waals surface area (Å²) in [5, 5.41) is 0.